The van der Waals surface area contributed by atoms with Crippen LogP contribution in [0.2, 0.25) is 0 Å². The van der Waals surface area contributed by atoms with E-state index in [0.717, 1.165) is 47.1 Å². The van der Waals surface area contributed by atoms with E-state index in [4.69, 9.17) is 4.74 Å². The Morgan fingerprint density at radius 3 is 2.29 bits per heavy atom. The van der Waals surface area contributed by atoms with E-state index in [1.165, 1.54) is 18.5 Å². The van der Waals surface area contributed by atoms with E-state index in [0.29, 0.717) is 0 Å². The molecule has 0 saturated carbocycles. The van der Waals surface area contributed by atoms with Crippen LogP contribution in [0.4, 0.5) is 11.4 Å². The van der Waals surface area contributed by atoms with Crippen molar-refractivity contribution in [1.29, 1.82) is 0 Å². The first kappa shape index (κ1) is 20.0. The Kier molecular flexibility index (Phi) is 6.40. The number of piperidine rings is 1. The number of anilines is 2. The lowest BCUT2D eigenvalue weighted by atomic mass is 9.99. The number of nitrogens with one attached hydrogen (secondary N) is 1. The maximum atomic E-state index is 12.3. The van der Waals surface area contributed by atoms with Gasteiger partial charge >= 0.3 is 0 Å². The van der Waals surface area contributed by atoms with Crippen LogP contribution in [0.1, 0.15) is 36.5 Å². The number of carbonyl (C=O) groups excluding carboxylic acids is 1. The van der Waals surface area contributed by atoms with Crippen molar-refractivity contribution >= 4 is 23.4 Å². The third-order valence-electron chi connectivity index (χ3n) is 5.49. The Labute approximate surface area is 168 Å². The molecule has 2 aromatic carbocycles. The molecule has 1 amide bonds. The lowest BCUT2D eigenvalue weighted by molar-refractivity contribution is -0.111. The minimum Gasteiger partial charge on any atom is -0.497 e. The third-order valence-corrected chi connectivity index (χ3v) is 5.49. The van der Waals surface area contributed by atoms with E-state index in [2.05, 4.69) is 29.3 Å². The second-order valence-corrected chi connectivity index (χ2v) is 7.71. The van der Waals surface area contributed by atoms with Gasteiger partial charge in [0.05, 0.1) is 7.11 Å². The van der Waals surface area contributed by atoms with Gasteiger partial charge in [-0.05, 0) is 91.8 Å². The molecular formula is C24H30N2O2. The van der Waals surface area contributed by atoms with Gasteiger partial charge in [-0.2, -0.15) is 0 Å². The van der Waals surface area contributed by atoms with Crippen LogP contribution in [-0.2, 0) is 4.79 Å². The highest BCUT2D eigenvalue weighted by Crippen LogP contribution is 2.25. The van der Waals surface area contributed by atoms with Gasteiger partial charge in [0.25, 0.3) is 0 Å². The molecule has 148 valence electrons. The standard InChI is InChI=1S/C24H30N2O2/c1-17-11-13-26(14-12-17)21-7-5-20(6-8-21)25-24(27)10-9-23-18(2)15-22(28-4)16-19(23)3/h5-10,15-17H,11-14H2,1-4H3,(H,25,27)/b10-9+. The average Bonchev–Trinajstić information content (AvgIpc) is 2.68. The summed E-state index contributed by atoms with van der Waals surface area (Å²) in [5, 5.41) is 2.94. The van der Waals surface area contributed by atoms with E-state index < -0.39 is 0 Å². The van der Waals surface area contributed by atoms with E-state index in [1.807, 2.05) is 44.2 Å². The normalized spacial score (nSPS) is 15.1. The largest absolute Gasteiger partial charge is 0.497 e. The van der Waals surface area contributed by atoms with Crippen LogP contribution < -0.4 is 15.0 Å². The summed E-state index contributed by atoms with van der Waals surface area (Å²) < 4.78 is 5.29. The van der Waals surface area contributed by atoms with Crippen LogP contribution >= 0.6 is 0 Å². The van der Waals surface area contributed by atoms with Crippen molar-refractivity contribution in [2.45, 2.75) is 33.6 Å². The first-order valence-corrected chi connectivity index (χ1v) is 9.95. The lowest BCUT2D eigenvalue weighted by Crippen LogP contribution is -2.32. The molecule has 0 aliphatic carbocycles. The Morgan fingerprint density at radius 1 is 1.11 bits per heavy atom. The molecule has 0 aromatic heterocycles. The summed E-state index contributed by atoms with van der Waals surface area (Å²) in [6, 6.07) is 12.1. The molecule has 28 heavy (non-hydrogen) atoms. The number of rotatable bonds is 5. The van der Waals surface area contributed by atoms with Gasteiger partial charge in [0.1, 0.15) is 5.75 Å². The monoisotopic (exact) mass is 378 g/mol. The summed E-state index contributed by atoms with van der Waals surface area (Å²) in [7, 11) is 1.66. The highest BCUT2D eigenvalue weighted by atomic mass is 16.5. The van der Waals surface area contributed by atoms with Crippen molar-refractivity contribution < 1.29 is 9.53 Å². The highest BCUT2D eigenvalue weighted by molar-refractivity contribution is 6.02. The van der Waals surface area contributed by atoms with Crippen molar-refractivity contribution in [1.82, 2.24) is 0 Å². The van der Waals surface area contributed by atoms with E-state index >= 15 is 0 Å². The van der Waals surface area contributed by atoms with Gasteiger partial charge in [0.15, 0.2) is 0 Å². The molecule has 4 heteroatoms. The molecule has 4 nitrogen and oxygen atoms in total. The summed E-state index contributed by atoms with van der Waals surface area (Å²) in [5.41, 5.74) is 5.25. The van der Waals surface area contributed by atoms with E-state index in [-0.39, 0.29) is 5.91 Å². The summed E-state index contributed by atoms with van der Waals surface area (Å²) in [6.45, 7) is 8.57. The Balaban J connectivity index is 1.61. The zero-order chi connectivity index (χ0) is 20.1. The predicted octanol–water partition coefficient (Wildman–Crippen LogP) is 5.20. The molecule has 0 atom stereocenters. The van der Waals surface area contributed by atoms with Gasteiger partial charge < -0.3 is 15.0 Å². The number of amides is 1. The molecule has 1 fully saturated rings. The molecule has 2 aromatic rings. The molecule has 1 N–H and O–H groups in total. The number of carbonyl (C=O) groups is 1. The maximum absolute atomic E-state index is 12.3. The highest BCUT2D eigenvalue weighted by Gasteiger charge is 2.15. The summed E-state index contributed by atoms with van der Waals surface area (Å²) in [5.74, 6) is 1.52. The minimum atomic E-state index is -0.130. The van der Waals surface area contributed by atoms with Gasteiger partial charge in [0, 0.05) is 30.5 Å². The smallest absolute Gasteiger partial charge is 0.248 e. The van der Waals surface area contributed by atoms with Crippen LogP contribution in [-0.4, -0.2) is 26.1 Å². The lowest BCUT2D eigenvalue weighted by Gasteiger charge is -2.32. The summed E-state index contributed by atoms with van der Waals surface area (Å²) in [4.78, 5) is 14.7. The first-order chi connectivity index (χ1) is 13.5. The molecular weight excluding hydrogens is 348 g/mol. The average molecular weight is 379 g/mol. The summed E-state index contributed by atoms with van der Waals surface area (Å²) >= 11 is 0. The Bertz CT molecular complexity index is 824. The fourth-order valence-electron chi connectivity index (χ4n) is 3.68. The van der Waals surface area contributed by atoms with Crippen LogP contribution in [0.3, 0.4) is 0 Å². The maximum Gasteiger partial charge on any atom is 0.248 e. The molecule has 1 aliphatic rings. The Morgan fingerprint density at radius 2 is 1.71 bits per heavy atom. The topological polar surface area (TPSA) is 41.6 Å². The fraction of sp³-hybridized carbons (Fsp3) is 0.375. The molecule has 3 rings (SSSR count). The van der Waals surface area contributed by atoms with Gasteiger partial charge in [-0.1, -0.05) is 6.92 Å². The zero-order valence-corrected chi connectivity index (χ0v) is 17.3. The molecule has 1 heterocycles. The molecule has 1 saturated heterocycles. The van der Waals surface area contributed by atoms with Crippen LogP contribution in [0.5, 0.6) is 5.75 Å². The van der Waals surface area contributed by atoms with Crippen molar-refractivity contribution in [3.63, 3.8) is 0 Å². The molecule has 0 radical (unpaired) electrons. The van der Waals surface area contributed by atoms with Crippen molar-refractivity contribution in [2.24, 2.45) is 5.92 Å². The number of ether oxygens (including phenoxy) is 1. The SMILES string of the molecule is COc1cc(C)c(/C=C/C(=O)Nc2ccc(N3CCC(C)CC3)cc2)c(C)c1. The quantitative estimate of drug-likeness (QED) is 0.727. The number of aryl methyl sites for hydroxylation is 2. The predicted molar refractivity (Wildman–Crippen MR) is 117 cm³/mol. The minimum absolute atomic E-state index is 0.130. The molecule has 0 bridgehead atoms. The van der Waals surface area contributed by atoms with Crippen molar-refractivity contribution in [2.75, 3.05) is 30.4 Å². The van der Waals surface area contributed by atoms with Crippen LogP contribution in [0.15, 0.2) is 42.5 Å². The number of nitrogens with zero attached hydrogens (tertiary/aromatic N) is 1. The number of methoxy groups -OCH3 is 1. The third kappa shape index (κ3) is 4.94. The number of hydrogen-bond acceptors (Lipinski definition) is 3. The number of benzene rings is 2. The van der Waals surface area contributed by atoms with Gasteiger partial charge in [-0.3, -0.25) is 4.79 Å². The van der Waals surface area contributed by atoms with Gasteiger partial charge in [0.2, 0.25) is 5.91 Å². The van der Waals surface area contributed by atoms with Crippen molar-refractivity contribution in [3.05, 3.63) is 59.2 Å². The van der Waals surface area contributed by atoms with Gasteiger partial charge in [-0.25, -0.2) is 0 Å². The number of hydrogen-bond donors (Lipinski definition) is 1. The van der Waals surface area contributed by atoms with Crippen LogP contribution in [0.25, 0.3) is 6.08 Å². The molecule has 0 unspecified atom stereocenters. The Hall–Kier alpha value is -2.75. The summed E-state index contributed by atoms with van der Waals surface area (Å²) in [6.07, 6.45) is 5.94. The molecule has 1 aliphatic heterocycles. The second-order valence-electron chi connectivity index (χ2n) is 7.71. The second kappa shape index (κ2) is 8.96. The first-order valence-electron chi connectivity index (χ1n) is 9.95. The fourth-order valence-corrected chi connectivity index (χ4v) is 3.68. The molecule has 0 spiro atoms. The van der Waals surface area contributed by atoms with Crippen LogP contribution in [0, 0.1) is 19.8 Å². The van der Waals surface area contributed by atoms with Gasteiger partial charge in [-0.15, -0.1) is 0 Å². The zero-order valence-electron chi connectivity index (χ0n) is 17.3. The van der Waals surface area contributed by atoms with E-state index in [1.54, 1.807) is 13.2 Å². The van der Waals surface area contributed by atoms with E-state index in [9.17, 15) is 4.79 Å². The van der Waals surface area contributed by atoms with Crippen molar-refractivity contribution in [3.8, 4) is 5.75 Å².